The van der Waals surface area contributed by atoms with Crippen LogP contribution in [0.15, 0.2) is 29.2 Å². The summed E-state index contributed by atoms with van der Waals surface area (Å²) in [5, 5.41) is 11.6. The lowest BCUT2D eigenvalue weighted by atomic mass is 10.1. The summed E-state index contributed by atoms with van der Waals surface area (Å²) < 4.78 is 0. The van der Waals surface area contributed by atoms with Gasteiger partial charge in [0.2, 0.25) is 0 Å². The van der Waals surface area contributed by atoms with Crippen LogP contribution in [0.4, 0.5) is 0 Å². The van der Waals surface area contributed by atoms with E-state index in [9.17, 15) is 4.79 Å². The second-order valence-corrected chi connectivity index (χ2v) is 4.55. The molecule has 17 heavy (non-hydrogen) atoms. The summed E-state index contributed by atoms with van der Waals surface area (Å²) in [5.41, 5.74) is 0.596. The van der Waals surface area contributed by atoms with Gasteiger partial charge in [0.25, 0.3) is 5.91 Å². The van der Waals surface area contributed by atoms with E-state index in [0.717, 1.165) is 11.3 Å². The monoisotopic (exact) mass is 248 g/mol. The van der Waals surface area contributed by atoms with Crippen molar-refractivity contribution in [2.45, 2.75) is 30.7 Å². The Kier molecular flexibility index (Phi) is 5.58. The van der Waals surface area contributed by atoms with E-state index in [2.05, 4.69) is 11.4 Å². The fourth-order valence-electron chi connectivity index (χ4n) is 1.44. The molecular formula is C13H16N2OS. The highest BCUT2D eigenvalue weighted by atomic mass is 32.2. The average molecular weight is 248 g/mol. The van der Waals surface area contributed by atoms with Crippen LogP contribution in [-0.2, 0) is 0 Å². The van der Waals surface area contributed by atoms with Gasteiger partial charge in [-0.2, -0.15) is 5.26 Å². The third kappa shape index (κ3) is 4.12. The van der Waals surface area contributed by atoms with E-state index in [1.807, 2.05) is 25.3 Å². The molecule has 1 amide bonds. The van der Waals surface area contributed by atoms with Crippen LogP contribution in [0.2, 0.25) is 0 Å². The molecule has 0 bridgehead atoms. The van der Waals surface area contributed by atoms with Crippen molar-refractivity contribution >= 4 is 17.7 Å². The first-order chi connectivity index (χ1) is 8.21. The van der Waals surface area contributed by atoms with Crippen LogP contribution in [-0.4, -0.2) is 18.2 Å². The lowest BCUT2D eigenvalue weighted by Gasteiger charge is -2.10. The summed E-state index contributed by atoms with van der Waals surface area (Å²) in [6.07, 6.45) is 3.55. The number of hydrogen-bond donors (Lipinski definition) is 1. The standard InChI is InChI=1S/C13H16N2OS/c1-3-4-11(9-14)15-13(16)10-5-7-12(17-2)8-6-10/h5-8,11H,3-4H2,1-2H3,(H,15,16). The molecular weight excluding hydrogens is 232 g/mol. The Balaban J connectivity index is 2.66. The molecule has 0 saturated heterocycles. The lowest BCUT2D eigenvalue weighted by molar-refractivity contribution is 0.0944. The van der Waals surface area contributed by atoms with Gasteiger partial charge in [-0.25, -0.2) is 0 Å². The molecule has 0 fully saturated rings. The van der Waals surface area contributed by atoms with Gasteiger partial charge in [0.15, 0.2) is 0 Å². The molecule has 1 aromatic carbocycles. The molecule has 0 aliphatic rings. The second-order valence-electron chi connectivity index (χ2n) is 3.67. The number of benzene rings is 1. The zero-order valence-corrected chi connectivity index (χ0v) is 10.9. The highest BCUT2D eigenvalue weighted by Crippen LogP contribution is 2.14. The first-order valence-corrected chi connectivity index (χ1v) is 6.78. The summed E-state index contributed by atoms with van der Waals surface area (Å²) in [4.78, 5) is 12.9. The average Bonchev–Trinajstić information content (AvgIpc) is 2.38. The van der Waals surface area contributed by atoms with E-state index in [1.54, 1.807) is 23.9 Å². The van der Waals surface area contributed by atoms with Crippen LogP contribution >= 0.6 is 11.8 Å². The minimum Gasteiger partial charge on any atom is -0.336 e. The molecule has 0 heterocycles. The molecule has 1 unspecified atom stereocenters. The molecule has 0 saturated carbocycles. The van der Waals surface area contributed by atoms with Gasteiger partial charge >= 0.3 is 0 Å². The van der Waals surface area contributed by atoms with Crippen molar-refractivity contribution in [2.75, 3.05) is 6.26 Å². The topological polar surface area (TPSA) is 52.9 Å². The Labute approximate surface area is 106 Å². The number of carbonyl (C=O) groups excluding carboxylic acids is 1. The Morgan fingerprint density at radius 1 is 1.47 bits per heavy atom. The summed E-state index contributed by atoms with van der Waals surface area (Å²) >= 11 is 1.63. The van der Waals surface area contributed by atoms with E-state index in [0.29, 0.717) is 12.0 Å². The summed E-state index contributed by atoms with van der Waals surface area (Å²) in [6.45, 7) is 1.99. The van der Waals surface area contributed by atoms with Crippen molar-refractivity contribution in [3.63, 3.8) is 0 Å². The first kappa shape index (κ1) is 13.6. The van der Waals surface area contributed by atoms with Crippen LogP contribution < -0.4 is 5.32 Å². The van der Waals surface area contributed by atoms with E-state index < -0.39 is 6.04 Å². The second kappa shape index (κ2) is 6.97. The van der Waals surface area contributed by atoms with Gasteiger partial charge in [0, 0.05) is 10.5 Å². The molecule has 1 N–H and O–H groups in total. The van der Waals surface area contributed by atoms with Crippen molar-refractivity contribution in [2.24, 2.45) is 0 Å². The minimum atomic E-state index is -0.396. The molecule has 0 spiro atoms. The van der Waals surface area contributed by atoms with E-state index >= 15 is 0 Å². The number of carbonyl (C=O) groups is 1. The third-order valence-electron chi connectivity index (χ3n) is 2.39. The quantitative estimate of drug-likeness (QED) is 0.815. The highest BCUT2D eigenvalue weighted by Gasteiger charge is 2.11. The molecule has 1 rings (SSSR count). The van der Waals surface area contributed by atoms with Crippen molar-refractivity contribution in [3.05, 3.63) is 29.8 Å². The smallest absolute Gasteiger partial charge is 0.252 e. The maximum absolute atomic E-state index is 11.8. The van der Waals surface area contributed by atoms with Gasteiger partial charge in [-0.3, -0.25) is 4.79 Å². The fourth-order valence-corrected chi connectivity index (χ4v) is 1.85. The van der Waals surface area contributed by atoms with E-state index in [4.69, 9.17) is 5.26 Å². The molecule has 1 aromatic rings. The highest BCUT2D eigenvalue weighted by molar-refractivity contribution is 7.98. The molecule has 3 nitrogen and oxygen atoms in total. The van der Waals surface area contributed by atoms with Gasteiger partial charge in [0.1, 0.15) is 6.04 Å². The number of thioether (sulfide) groups is 1. The van der Waals surface area contributed by atoms with Gasteiger partial charge in [0.05, 0.1) is 6.07 Å². The van der Waals surface area contributed by atoms with Crippen LogP contribution in [0.3, 0.4) is 0 Å². The minimum absolute atomic E-state index is 0.183. The van der Waals surface area contributed by atoms with Gasteiger partial charge in [-0.15, -0.1) is 11.8 Å². The Bertz CT molecular complexity index is 408. The van der Waals surface area contributed by atoms with Crippen molar-refractivity contribution in [1.82, 2.24) is 5.32 Å². The zero-order valence-electron chi connectivity index (χ0n) is 10.1. The SMILES string of the molecule is CCCC(C#N)NC(=O)c1ccc(SC)cc1. The van der Waals surface area contributed by atoms with Crippen molar-refractivity contribution in [3.8, 4) is 6.07 Å². The van der Waals surface area contributed by atoms with Gasteiger partial charge < -0.3 is 5.32 Å². The predicted molar refractivity (Wildman–Crippen MR) is 70.0 cm³/mol. The number of rotatable bonds is 5. The van der Waals surface area contributed by atoms with Crippen LogP contribution in [0.1, 0.15) is 30.1 Å². The van der Waals surface area contributed by atoms with Crippen LogP contribution in [0, 0.1) is 11.3 Å². The molecule has 90 valence electrons. The number of nitrogens with zero attached hydrogens (tertiary/aromatic N) is 1. The van der Waals surface area contributed by atoms with Crippen LogP contribution in [0.5, 0.6) is 0 Å². The normalized spacial score (nSPS) is 11.6. The van der Waals surface area contributed by atoms with Gasteiger partial charge in [-0.1, -0.05) is 13.3 Å². The van der Waals surface area contributed by atoms with Gasteiger partial charge in [-0.05, 0) is 36.9 Å². The first-order valence-electron chi connectivity index (χ1n) is 5.55. The Morgan fingerprint density at radius 2 is 2.12 bits per heavy atom. The predicted octanol–water partition coefficient (Wildman–Crippen LogP) is 2.83. The maximum Gasteiger partial charge on any atom is 0.252 e. The van der Waals surface area contributed by atoms with E-state index in [-0.39, 0.29) is 5.91 Å². The third-order valence-corrected chi connectivity index (χ3v) is 3.13. The molecule has 0 aliphatic carbocycles. The number of nitrogens with one attached hydrogen (secondary N) is 1. The number of amides is 1. The number of nitriles is 1. The van der Waals surface area contributed by atoms with Crippen molar-refractivity contribution in [1.29, 1.82) is 5.26 Å². The molecule has 0 aliphatic heterocycles. The number of hydrogen-bond acceptors (Lipinski definition) is 3. The lowest BCUT2D eigenvalue weighted by Crippen LogP contribution is -2.33. The summed E-state index contributed by atoms with van der Waals surface area (Å²) in [6, 6.07) is 9.06. The van der Waals surface area contributed by atoms with Crippen LogP contribution in [0.25, 0.3) is 0 Å². The summed E-state index contributed by atoms with van der Waals surface area (Å²) in [7, 11) is 0. The Morgan fingerprint density at radius 3 is 2.59 bits per heavy atom. The zero-order chi connectivity index (χ0) is 12.7. The molecule has 0 aromatic heterocycles. The van der Waals surface area contributed by atoms with E-state index in [1.165, 1.54) is 0 Å². The fraction of sp³-hybridized carbons (Fsp3) is 0.385. The molecule has 0 radical (unpaired) electrons. The summed E-state index contributed by atoms with van der Waals surface area (Å²) in [5.74, 6) is -0.183. The largest absolute Gasteiger partial charge is 0.336 e. The Hall–Kier alpha value is -1.47. The van der Waals surface area contributed by atoms with Crippen molar-refractivity contribution < 1.29 is 4.79 Å². The maximum atomic E-state index is 11.8. The molecule has 4 heteroatoms. The molecule has 1 atom stereocenters.